The van der Waals surface area contributed by atoms with E-state index in [-0.39, 0.29) is 6.61 Å². The molecule has 9 nitrogen and oxygen atoms in total. The van der Waals surface area contributed by atoms with Gasteiger partial charge in [0.25, 0.3) is 0 Å². The van der Waals surface area contributed by atoms with Crippen molar-refractivity contribution < 1.29 is 42.9 Å². The van der Waals surface area contributed by atoms with Gasteiger partial charge in [-0.2, -0.15) is 0 Å². The zero-order valence-corrected chi connectivity index (χ0v) is 23.1. The quantitative estimate of drug-likeness (QED) is 0.191. The number of carbonyl (C=O) groups is 4. The van der Waals surface area contributed by atoms with Crippen LogP contribution in [0, 0.1) is 0 Å². The van der Waals surface area contributed by atoms with Gasteiger partial charge in [-0.25, -0.2) is 0 Å². The number of carbonyl (C=O) groups excluding carboxylic acids is 4. The van der Waals surface area contributed by atoms with Crippen LogP contribution in [0.2, 0.25) is 10.4 Å². The van der Waals surface area contributed by atoms with E-state index in [4.69, 9.17) is 23.7 Å². The summed E-state index contributed by atoms with van der Waals surface area (Å²) in [7, 11) is 1.66. The molecule has 0 bridgehead atoms. The number of unbranched alkanes of at least 4 members (excludes halogenated alkanes) is 2. The number of hydrogen-bond donors (Lipinski definition) is 0. The van der Waals surface area contributed by atoms with Gasteiger partial charge in [-0.15, -0.1) is 0 Å². The van der Waals surface area contributed by atoms with Gasteiger partial charge in [0.15, 0.2) is 0 Å². The average Bonchev–Trinajstić information content (AvgIpc) is 2.71. The molecule has 11 heteroatoms. The molecule has 33 heavy (non-hydrogen) atoms. The van der Waals surface area contributed by atoms with Crippen LogP contribution in [0.1, 0.15) is 67.2 Å². The number of ether oxygens (including phenoxy) is 5. The van der Waals surface area contributed by atoms with Crippen molar-refractivity contribution in [2.75, 3.05) is 6.61 Å². The summed E-state index contributed by atoms with van der Waals surface area (Å²) in [6, 6.07) is 0. The summed E-state index contributed by atoms with van der Waals surface area (Å²) in [6.07, 6.45) is 0.334. The molecule has 0 aromatic carbocycles. The Kier molecular flexibility index (Phi) is 14.1. The van der Waals surface area contributed by atoms with Gasteiger partial charge in [0.05, 0.1) is 0 Å². The zero-order valence-electron chi connectivity index (χ0n) is 20.4. The Morgan fingerprint density at radius 2 is 1.24 bits per heavy atom. The molecule has 1 aliphatic rings. The Morgan fingerprint density at radius 1 is 0.758 bits per heavy atom. The minimum absolute atomic E-state index is 0.189. The molecule has 1 heterocycles. The van der Waals surface area contributed by atoms with E-state index in [9.17, 15) is 19.2 Å². The van der Waals surface area contributed by atoms with E-state index in [1.165, 1.54) is 27.7 Å². The second-order valence-corrected chi connectivity index (χ2v) is 16.4. The summed E-state index contributed by atoms with van der Waals surface area (Å²) >= 11 is -1.44. The Bertz CT molecular complexity index is 652. The fourth-order valence-corrected chi connectivity index (χ4v) is 13.2. The molecular formula is C22H37AsO9S. The van der Waals surface area contributed by atoms with Gasteiger partial charge in [0.1, 0.15) is 0 Å². The standard InChI is InChI=1S/C22H37AsO9S/c1-7-9-11-23(12-10-8-2)33-22-21(31-17(6)27)20(30-16(5)26)19(29-15(4)25)18(32-22)13-28-14(3)24/h18-22H,7-13H2,1-6H3/t18-,19-,20+,21-,22+/m1/s1. The van der Waals surface area contributed by atoms with Crippen molar-refractivity contribution in [1.29, 1.82) is 0 Å². The maximum atomic E-state index is 12.0. The van der Waals surface area contributed by atoms with Crippen molar-refractivity contribution in [3.8, 4) is 0 Å². The number of esters is 4. The molecule has 1 saturated heterocycles. The van der Waals surface area contributed by atoms with Crippen LogP contribution in [0.25, 0.3) is 0 Å². The van der Waals surface area contributed by atoms with Gasteiger partial charge in [-0.05, 0) is 0 Å². The van der Waals surface area contributed by atoms with Crippen molar-refractivity contribution in [2.45, 2.75) is 107 Å². The number of hydrogen-bond acceptors (Lipinski definition) is 10. The SMILES string of the molecule is CCCC[As](CCCC)S[C@@H]1O[C@H](COC(C)=O)[C@@H](OC(C)=O)[C@H](OC(C)=O)[C@H]1OC(C)=O. The first-order valence-electron chi connectivity index (χ1n) is 11.3. The maximum absolute atomic E-state index is 12.0. The van der Waals surface area contributed by atoms with Crippen LogP contribution in [0.15, 0.2) is 0 Å². The van der Waals surface area contributed by atoms with Crippen molar-refractivity contribution in [3.63, 3.8) is 0 Å². The van der Waals surface area contributed by atoms with Crippen molar-refractivity contribution in [3.05, 3.63) is 0 Å². The van der Waals surface area contributed by atoms with E-state index in [1.807, 2.05) is 0 Å². The van der Waals surface area contributed by atoms with Crippen LogP contribution >= 0.6 is 10.0 Å². The second kappa shape index (κ2) is 15.6. The molecule has 0 amide bonds. The van der Waals surface area contributed by atoms with Crippen molar-refractivity contribution in [1.82, 2.24) is 0 Å². The topological polar surface area (TPSA) is 114 Å². The first kappa shape index (κ1) is 29.8. The van der Waals surface area contributed by atoms with Gasteiger partial charge in [-0.1, -0.05) is 0 Å². The molecule has 0 aromatic heterocycles. The predicted molar refractivity (Wildman–Crippen MR) is 125 cm³/mol. The van der Waals surface area contributed by atoms with Crippen molar-refractivity contribution in [2.24, 2.45) is 0 Å². The monoisotopic (exact) mass is 552 g/mol. The Hall–Kier alpha value is -1.25. The predicted octanol–water partition coefficient (Wildman–Crippen LogP) is 3.39. The molecule has 1 fully saturated rings. The molecular weight excluding hydrogens is 515 g/mol. The van der Waals surface area contributed by atoms with Gasteiger partial charge >= 0.3 is 204 Å². The van der Waals surface area contributed by atoms with Crippen LogP contribution in [0.3, 0.4) is 0 Å². The summed E-state index contributed by atoms with van der Waals surface area (Å²) in [6.45, 7) is 9.08. The van der Waals surface area contributed by atoms with Gasteiger partial charge in [0.2, 0.25) is 0 Å². The minimum atomic E-state index is -1.44. The fourth-order valence-electron chi connectivity index (χ4n) is 3.31. The Balaban J connectivity index is 3.32. The van der Waals surface area contributed by atoms with E-state index < -0.39 is 67.2 Å². The van der Waals surface area contributed by atoms with E-state index in [0.29, 0.717) is 0 Å². The molecule has 190 valence electrons. The van der Waals surface area contributed by atoms with E-state index in [2.05, 4.69) is 13.8 Å². The van der Waals surface area contributed by atoms with Crippen molar-refractivity contribution >= 4 is 47.4 Å². The van der Waals surface area contributed by atoms with E-state index in [1.54, 1.807) is 10.0 Å². The zero-order chi connectivity index (χ0) is 25.0. The second-order valence-electron chi connectivity index (χ2n) is 7.81. The van der Waals surface area contributed by atoms with E-state index in [0.717, 1.165) is 36.1 Å². The normalized spacial score (nSPS) is 24.8. The molecule has 5 atom stereocenters. The molecule has 1 rings (SSSR count). The number of rotatable bonds is 13. The molecule has 0 aliphatic carbocycles. The summed E-state index contributed by atoms with van der Waals surface area (Å²) in [5.41, 5.74) is -0.640. The first-order valence-corrected chi connectivity index (χ1v) is 17.1. The molecule has 0 saturated carbocycles. The molecule has 0 radical (unpaired) electrons. The fraction of sp³-hybridized carbons (Fsp3) is 0.818. The summed E-state index contributed by atoms with van der Waals surface area (Å²) in [5.74, 6) is -2.32. The first-order chi connectivity index (χ1) is 15.6. The van der Waals surface area contributed by atoms with Crippen LogP contribution in [-0.4, -0.2) is 73.8 Å². The molecule has 0 N–H and O–H groups in total. The summed E-state index contributed by atoms with van der Waals surface area (Å²) < 4.78 is 27.9. The van der Waals surface area contributed by atoms with Crippen LogP contribution in [0.4, 0.5) is 0 Å². The molecule has 0 spiro atoms. The van der Waals surface area contributed by atoms with Gasteiger partial charge in [-0.3, -0.25) is 0 Å². The average molecular weight is 553 g/mol. The summed E-state index contributed by atoms with van der Waals surface area (Å²) in [5, 5.41) is 2.20. The third-order valence-corrected chi connectivity index (χ3v) is 14.1. The molecule has 1 aliphatic heterocycles. The molecule has 0 aromatic rings. The third-order valence-electron chi connectivity index (χ3n) is 4.72. The van der Waals surface area contributed by atoms with Gasteiger partial charge < -0.3 is 0 Å². The van der Waals surface area contributed by atoms with Crippen LogP contribution in [-0.2, 0) is 42.9 Å². The van der Waals surface area contributed by atoms with Crippen LogP contribution < -0.4 is 0 Å². The van der Waals surface area contributed by atoms with Gasteiger partial charge in [0, 0.05) is 0 Å². The Labute approximate surface area is 204 Å². The van der Waals surface area contributed by atoms with E-state index >= 15 is 0 Å². The molecule has 0 unspecified atom stereocenters. The summed E-state index contributed by atoms with van der Waals surface area (Å²) in [4.78, 5) is 47.1. The Morgan fingerprint density at radius 3 is 1.70 bits per heavy atom. The van der Waals surface area contributed by atoms with Crippen LogP contribution in [0.5, 0.6) is 0 Å². The third kappa shape index (κ3) is 11.1.